The lowest BCUT2D eigenvalue weighted by Gasteiger charge is -2.14. The highest BCUT2D eigenvalue weighted by molar-refractivity contribution is 5.98. The number of hydrogen-bond acceptors (Lipinski definition) is 5. The van der Waals surface area contributed by atoms with Gasteiger partial charge in [-0.1, -0.05) is 6.07 Å². The molecule has 3 aromatic rings. The number of amides is 1. The molecule has 0 unspecified atom stereocenters. The molecule has 3 rings (SSSR count). The highest BCUT2D eigenvalue weighted by Gasteiger charge is 2.15. The number of fused-ring (bicyclic) bond motifs is 1. The van der Waals surface area contributed by atoms with E-state index in [4.69, 9.17) is 14.2 Å². The van der Waals surface area contributed by atoms with E-state index in [0.717, 1.165) is 10.9 Å². The van der Waals surface area contributed by atoms with E-state index in [1.54, 1.807) is 38.5 Å². The first kappa shape index (κ1) is 18.6. The van der Waals surface area contributed by atoms with Crippen molar-refractivity contribution in [2.75, 3.05) is 27.9 Å². The van der Waals surface area contributed by atoms with Gasteiger partial charge in [0.1, 0.15) is 11.4 Å². The smallest absolute Gasteiger partial charge is 0.267 e. The quantitative estimate of drug-likeness (QED) is 0.595. The molecule has 0 saturated heterocycles. The number of H-pyrrole nitrogens is 1. The Hall–Kier alpha value is -3.19. The maximum atomic E-state index is 12.4. The number of carbonyl (C=O) groups excluding carboxylic acids is 1. The molecule has 0 fully saturated rings. The lowest BCUT2D eigenvalue weighted by Crippen LogP contribution is -2.28. The van der Waals surface area contributed by atoms with Crippen molar-refractivity contribution in [3.63, 3.8) is 0 Å². The van der Waals surface area contributed by atoms with Crippen LogP contribution in [0.1, 0.15) is 22.2 Å². The van der Waals surface area contributed by atoms with Crippen LogP contribution in [-0.4, -0.2) is 43.9 Å². The molecule has 3 N–H and O–H groups in total. The maximum Gasteiger partial charge on any atom is 0.267 e. The molecule has 1 heterocycles. The number of hydrogen-bond donors (Lipinski definition) is 3. The standard InChI is InChI=1S/C20H22N2O5/c1-25-14-6-4-12-8-16(22-15(12)10-14)20(24)21-11-17(23)13-5-7-18(26-2)19(9-13)27-3/h4-10,17,22-23H,11H2,1-3H3,(H,21,24)/t17-/m0/s1. The summed E-state index contributed by atoms with van der Waals surface area (Å²) in [5, 5.41) is 14.0. The molecule has 142 valence electrons. The predicted molar refractivity (Wildman–Crippen MR) is 102 cm³/mol. The number of ether oxygens (including phenoxy) is 3. The minimum Gasteiger partial charge on any atom is -0.497 e. The SMILES string of the molecule is COc1ccc2cc(C(=O)NC[C@H](O)c3ccc(OC)c(OC)c3)[nH]c2c1. The molecule has 2 aromatic carbocycles. The van der Waals surface area contributed by atoms with Gasteiger partial charge < -0.3 is 29.6 Å². The summed E-state index contributed by atoms with van der Waals surface area (Å²) in [5.74, 6) is 1.50. The third-order valence-corrected chi connectivity index (χ3v) is 4.32. The number of aliphatic hydroxyl groups excluding tert-OH is 1. The second-order valence-corrected chi connectivity index (χ2v) is 5.98. The molecular weight excluding hydrogens is 348 g/mol. The van der Waals surface area contributed by atoms with Crippen molar-refractivity contribution in [1.29, 1.82) is 0 Å². The Morgan fingerprint density at radius 1 is 1.04 bits per heavy atom. The Kier molecular flexibility index (Phi) is 5.52. The van der Waals surface area contributed by atoms with E-state index >= 15 is 0 Å². The second-order valence-electron chi connectivity index (χ2n) is 5.98. The van der Waals surface area contributed by atoms with E-state index in [-0.39, 0.29) is 12.5 Å². The van der Waals surface area contributed by atoms with E-state index in [0.29, 0.717) is 28.5 Å². The van der Waals surface area contributed by atoms with E-state index in [1.165, 1.54) is 7.11 Å². The molecule has 1 atom stereocenters. The average Bonchev–Trinajstić information content (AvgIpc) is 3.14. The molecule has 7 heteroatoms. The number of aliphatic hydroxyl groups is 1. The molecule has 1 amide bonds. The minimum atomic E-state index is -0.877. The third-order valence-electron chi connectivity index (χ3n) is 4.32. The number of aromatic amines is 1. The van der Waals surface area contributed by atoms with Crippen molar-refractivity contribution >= 4 is 16.8 Å². The van der Waals surface area contributed by atoms with Crippen molar-refractivity contribution in [1.82, 2.24) is 10.3 Å². The molecule has 0 radical (unpaired) electrons. The Bertz CT molecular complexity index is 951. The van der Waals surface area contributed by atoms with Gasteiger partial charge in [-0.05, 0) is 35.9 Å². The summed E-state index contributed by atoms with van der Waals surface area (Å²) in [4.78, 5) is 15.5. The van der Waals surface area contributed by atoms with E-state index in [9.17, 15) is 9.90 Å². The molecule has 0 spiro atoms. The van der Waals surface area contributed by atoms with Crippen LogP contribution in [0.2, 0.25) is 0 Å². The van der Waals surface area contributed by atoms with Crippen LogP contribution in [0.4, 0.5) is 0 Å². The molecule has 0 aliphatic carbocycles. The van der Waals surface area contributed by atoms with Gasteiger partial charge in [0.2, 0.25) is 0 Å². The van der Waals surface area contributed by atoms with Crippen LogP contribution in [-0.2, 0) is 0 Å². The van der Waals surface area contributed by atoms with Crippen LogP contribution in [0, 0.1) is 0 Å². The molecule has 27 heavy (non-hydrogen) atoms. The molecular formula is C20H22N2O5. The second kappa shape index (κ2) is 8.01. The fourth-order valence-corrected chi connectivity index (χ4v) is 2.82. The molecule has 1 aromatic heterocycles. The van der Waals surface area contributed by atoms with Gasteiger partial charge in [-0.15, -0.1) is 0 Å². The zero-order chi connectivity index (χ0) is 19.4. The van der Waals surface area contributed by atoms with E-state index < -0.39 is 6.10 Å². The summed E-state index contributed by atoms with van der Waals surface area (Å²) in [6.45, 7) is 0.0625. The van der Waals surface area contributed by atoms with Crippen molar-refractivity contribution in [2.24, 2.45) is 0 Å². The monoisotopic (exact) mass is 370 g/mol. The van der Waals surface area contributed by atoms with Gasteiger partial charge in [0.25, 0.3) is 5.91 Å². The summed E-state index contributed by atoms with van der Waals surface area (Å²) in [6.07, 6.45) is -0.877. The van der Waals surface area contributed by atoms with Crippen molar-refractivity contribution in [3.8, 4) is 17.2 Å². The molecule has 0 bridgehead atoms. The van der Waals surface area contributed by atoms with Crippen LogP contribution in [0.5, 0.6) is 17.2 Å². The van der Waals surface area contributed by atoms with Crippen molar-refractivity contribution < 1.29 is 24.1 Å². The fourth-order valence-electron chi connectivity index (χ4n) is 2.82. The zero-order valence-electron chi connectivity index (χ0n) is 15.4. The molecule has 0 aliphatic heterocycles. The third kappa shape index (κ3) is 3.98. The first-order valence-electron chi connectivity index (χ1n) is 8.40. The van der Waals surface area contributed by atoms with Crippen LogP contribution in [0.15, 0.2) is 42.5 Å². The summed E-state index contributed by atoms with van der Waals surface area (Å²) >= 11 is 0. The fraction of sp³-hybridized carbons (Fsp3) is 0.250. The highest BCUT2D eigenvalue weighted by Crippen LogP contribution is 2.29. The largest absolute Gasteiger partial charge is 0.497 e. The Labute approximate surface area is 156 Å². The van der Waals surface area contributed by atoms with Crippen LogP contribution in [0.25, 0.3) is 10.9 Å². The minimum absolute atomic E-state index is 0.0625. The summed E-state index contributed by atoms with van der Waals surface area (Å²) in [6, 6.07) is 12.4. The number of rotatable bonds is 7. The predicted octanol–water partition coefficient (Wildman–Crippen LogP) is 2.66. The van der Waals surface area contributed by atoms with Gasteiger partial charge in [-0.2, -0.15) is 0 Å². The van der Waals surface area contributed by atoms with Gasteiger partial charge in [0.05, 0.1) is 27.4 Å². The highest BCUT2D eigenvalue weighted by atomic mass is 16.5. The average molecular weight is 370 g/mol. The van der Waals surface area contributed by atoms with Gasteiger partial charge in [0, 0.05) is 23.5 Å². The number of nitrogens with one attached hydrogen (secondary N) is 2. The van der Waals surface area contributed by atoms with Crippen molar-refractivity contribution in [2.45, 2.75) is 6.10 Å². The summed E-state index contributed by atoms with van der Waals surface area (Å²) in [7, 11) is 4.66. The molecule has 0 aliphatic rings. The van der Waals surface area contributed by atoms with Gasteiger partial charge in [-0.25, -0.2) is 0 Å². The topological polar surface area (TPSA) is 92.8 Å². The Balaban J connectivity index is 1.68. The summed E-state index contributed by atoms with van der Waals surface area (Å²) < 4.78 is 15.6. The van der Waals surface area contributed by atoms with Crippen LogP contribution < -0.4 is 19.5 Å². The van der Waals surface area contributed by atoms with Crippen LogP contribution in [0.3, 0.4) is 0 Å². The summed E-state index contributed by atoms with van der Waals surface area (Å²) in [5.41, 5.74) is 1.84. The van der Waals surface area contributed by atoms with Gasteiger partial charge >= 0.3 is 0 Å². The number of aromatic nitrogens is 1. The lowest BCUT2D eigenvalue weighted by atomic mass is 10.1. The normalized spacial score (nSPS) is 11.9. The van der Waals surface area contributed by atoms with Gasteiger partial charge in [0.15, 0.2) is 11.5 Å². The van der Waals surface area contributed by atoms with Crippen LogP contribution >= 0.6 is 0 Å². The van der Waals surface area contributed by atoms with E-state index in [1.807, 2.05) is 18.2 Å². The maximum absolute atomic E-state index is 12.4. The Morgan fingerprint density at radius 2 is 1.81 bits per heavy atom. The first-order chi connectivity index (χ1) is 13.0. The van der Waals surface area contributed by atoms with Gasteiger partial charge in [-0.3, -0.25) is 4.79 Å². The molecule has 7 nitrogen and oxygen atoms in total. The first-order valence-corrected chi connectivity index (χ1v) is 8.40. The number of benzene rings is 2. The number of carbonyl (C=O) groups is 1. The zero-order valence-corrected chi connectivity index (χ0v) is 15.4. The van der Waals surface area contributed by atoms with E-state index in [2.05, 4.69) is 10.3 Å². The Morgan fingerprint density at radius 3 is 2.52 bits per heavy atom. The lowest BCUT2D eigenvalue weighted by molar-refractivity contribution is 0.0912. The number of methoxy groups -OCH3 is 3. The van der Waals surface area contributed by atoms with Crippen molar-refractivity contribution in [3.05, 3.63) is 53.7 Å². The molecule has 0 saturated carbocycles.